The van der Waals surface area contributed by atoms with Gasteiger partial charge in [0.1, 0.15) is 12.2 Å². The summed E-state index contributed by atoms with van der Waals surface area (Å²) in [5.41, 5.74) is 3.69. The quantitative estimate of drug-likeness (QED) is 0.769. The van der Waals surface area contributed by atoms with Gasteiger partial charge >= 0.3 is 0 Å². The second kappa shape index (κ2) is 8.49. The minimum Gasteiger partial charge on any atom is -0.370 e. The maximum atomic E-state index is 12.5. The summed E-state index contributed by atoms with van der Waals surface area (Å²) in [6.07, 6.45) is 2.17. The van der Waals surface area contributed by atoms with Crippen LogP contribution in [0.5, 0.6) is 0 Å². The van der Waals surface area contributed by atoms with Gasteiger partial charge < -0.3 is 15.1 Å². The number of pyridine rings is 1. The van der Waals surface area contributed by atoms with Crippen molar-refractivity contribution in [1.82, 2.24) is 4.98 Å². The molecule has 0 aliphatic carbocycles. The Morgan fingerprint density at radius 2 is 2.14 bits per heavy atom. The Morgan fingerprint density at radius 1 is 1.36 bits per heavy atom. The number of nitrogens with one attached hydrogen (secondary N) is 1. The van der Waals surface area contributed by atoms with E-state index in [1.165, 1.54) is 0 Å². The third-order valence-electron chi connectivity index (χ3n) is 4.80. The third-order valence-corrected chi connectivity index (χ3v) is 5.10. The Kier molecular flexibility index (Phi) is 6.05. The van der Waals surface area contributed by atoms with Crippen LogP contribution in [0.2, 0.25) is 5.02 Å². The lowest BCUT2D eigenvalue weighted by Gasteiger charge is -2.34. The van der Waals surface area contributed by atoms with Crippen molar-refractivity contribution >= 4 is 40.4 Å². The lowest BCUT2D eigenvalue weighted by atomic mass is 10.1. The van der Waals surface area contributed by atoms with E-state index in [0.29, 0.717) is 27.8 Å². The Bertz CT molecular complexity index is 937. The van der Waals surface area contributed by atoms with Gasteiger partial charge in [0.2, 0.25) is 5.91 Å². The first-order valence-electron chi connectivity index (χ1n) is 9.52. The molecule has 146 valence electrons. The van der Waals surface area contributed by atoms with Crippen LogP contribution in [0.3, 0.4) is 0 Å². The first kappa shape index (κ1) is 20.0. The van der Waals surface area contributed by atoms with Crippen LogP contribution >= 0.6 is 11.6 Å². The first-order valence-corrected chi connectivity index (χ1v) is 9.89. The van der Waals surface area contributed by atoms with Gasteiger partial charge in [0, 0.05) is 18.8 Å². The summed E-state index contributed by atoms with van der Waals surface area (Å²) >= 11 is 6.43. The monoisotopic (exact) mass is 397 g/mol. The van der Waals surface area contributed by atoms with Crippen LogP contribution in [0, 0.1) is 18.3 Å². The first-order chi connectivity index (χ1) is 13.5. The number of halogens is 1. The van der Waals surface area contributed by atoms with E-state index < -0.39 is 0 Å². The molecule has 28 heavy (non-hydrogen) atoms. The van der Waals surface area contributed by atoms with Gasteiger partial charge in [0.15, 0.2) is 5.82 Å². The van der Waals surface area contributed by atoms with E-state index in [-0.39, 0.29) is 12.5 Å². The molecular weight excluding hydrogens is 374 g/mol. The lowest BCUT2D eigenvalue weighted by Crippen LogP contribution is -2.37. The standard InChI is InChI=1S/C21H24ClN5O/c1-4-6-9-26(5-2)18-10-14(3)24-21-20(18)25-19(28)13-27(21)17-8-7-15(12-23)11-16(17)22/h7-8,10-11H,4-6,9,13H2,1-3H3,(H,25,28). The van der Waals surface area contributed by atoms with E-state index in [1.807, 2.05) is 17.9 Å². The smallest absolute Gasteiger partial charge is 0.244 e. The number of benzene rings is 1. The molecular formula is C21H24ClN5O. The molecule has 2 heterocycles. The number of fused-ring (bicyclic) bond motifs is 1. The number of anilines is 4. The van der Waals surface area contributed by atoms with Crippen LogP contribution in [-0.4, -0.2) is 30.5 Å². The molecule has 1 aromatic heterocycles. The fourth-order valence-corrected chi connectivity index (χ4v) is 3.68. The van der Waals surface area contributed by atoms with Crippen molar-refractivity contribution in [2.75, 3.05) is 34.8 Å². The van der Waals surface area contributed by atoms with E-state index in [1.54, 1.807) is 18.2 Å². The summed E-state index contributed by atoms with van der Waals surface area (Å²) in [5.74, 6) is 0.558. The molecule has 2 aromatic rings. The van der Waals surface area contributed by atoms with Gasteiger partial charge in [-0.3, -0.25) is 4.79 Å². The summed E-state index contributed by atoms with van der Waals surface area (Å²) in [5, 5.41) is 12.5. The molecule has 1 N–H and O–H groups in total. The van der Waals surface area contributed by atoms with Crippen molar-refractivity contribution in [2.45, 2.75) is 33.6 Å². The Labute approximate surface area is 170 Å². The van der Waals surface area contributed by atoms with E-state index in [4.69, 9.17) is 21.8 Å². The van der Waals surface area contributed by atoms with Crippen LogP contribution in [-0.2, 0) is 4.79 Å². The molecule has 1 aromatic carbocycles. The zero-order valence-electron chi connectivity index (χ0n) is 16.4. The van der Waals surface area contributed by atoms with Gasteiger partial charge in [0.05, 0.1) is 28.0 Å². The largest absolute Gasteiger partial charge is 0.370 e. The highest BCUT2D eigenvalue weighted by Gasteiger charge is 2.29. The second-order valence-electron chi connectivity index (χ2n) is 6.83. The molecule has 1 aliphatic rings. The number of aryl methyl sites for hydroxylation is 1. The van der Waals surface area contributed by atoms with E-state index in [9.17, 15) is 4.79 Å². The van der Waals surface area contributed by atoms with Gasteiger partial charge in [-0.05, 0) is 44.5 Å². The molecule has 7 heteroatoms. The predicted molar refractivity (Wildman–Crippen MR) is 114 cm³/mol. The van der Waals surface area contributed by atoms with Crippen molar-refractivity contribution < 1.29 is 4.79 Å². The predicted octanol–water partition coefficient (Wildman–Crippen LogP) is 4.63. The number of nitrogens with zero attached hydrogens (tertiary/aromatic N) is 4. The summed E-state index contributed by atoms with van der Waals surface area (Å²) in [6.45, 7) is 8.09. The SMILES string of the molecule is CCCCN(CC)c1cc(C)nc2c1NC(=O)CN2c1ccc(C#N)cc1Cl. The number of carbonyl (C=O) groups is 1. The van der Waals surface area contributed by atoms with Crippen molar-refractivity contribution in [2.24, 2.45) is 0 Å². The minimum absolute atomic E-state index is 0.119. The van der Waals surface area contributed by atoms with Crippen LogP contribution in [0.4, 0.5) is 22.9 Å². The van der Waals surface area contributed by atoms with Gasteiger partial charge in [-0.15, -0.1) is 0 Å². The van der Waals surface area contributed by atoms with Crippen molar-refractivity contribution in [1.29, 1.82) is 5.26 Å². The van der Waals surface area contributed by atoms with E-state index in [0.717, 1.165) is 37.3 Å². The van der Waals surface area contributed by atoms with Crippen molar-refractivity contribution in [3.63, 3.8) is 0 Å². The molecule has 0 fully saturated rings. The fraction of sp³-hybridized carbons (Fsp3) is 0.381. The average Bonchev–Trinajstić information content (AvgIpc) is 2.68. The summed E-state index contributed by atoms with van der Waals surface area (Å²) < 4.78 is 0. The highest BCUT2D eigenvalue weighted by atomic mass is 35.5. The van der Waals surface area contributed by atoms with Crippen LogP contribution in [0.25, 0.3) is 0 Å². The number of amides is 1. The normalized spacial score (nSPS) is 13.0. The number of rotatable bonds is 6. The molecule has 0 bridgehead atoms. The number of nitriles is 1. The highest BCUT2D eigenvalue weighted by Crippen LogP contribution is 2.42. The molecule has 3 rings (SSSR count). The zero-order chi connectivity index (χ0) is 20.3. The fourth-order valence-electron chi connectivity index (χ4n) is 3.39. The lowest BCUT2D eigenvalue weighted by molar-refractivity contribution is -0.115. The number of aromatic nitrogens is 1. The van der Waals surface area contributed by atoms with Gasteiger partial charge in [-0.25, -0.2) is 4.98 Å². The molecule has 0 atom stereocenters. The number of carbonyl (C=O) groups excluding carboxylic acids is 1. The Morgan fingerprint density at radius 3 is 2.79 bits per heavy atom. The maximum absolute atomic E-state index is 12.5. The van der Waals surface area contributed by atoms with Crippen LogP contribution < -0.4 is 15.1 Å². The highest BCUT2D eigenvalue weighted by molar-refractivity contribution is 6.33. The minimum atomic E-state index is -0.119. The molecule has 0 unspecified atom stereocenters. The van der Waals surface area contributed by atoms with Crippen LogP contribution in [0.15, 0.2) is 24.3 Å². The molecule has 1 aliphatic heterocycles. The third kappa shape index (κ3) is 3.90. The van der Waals surface area contributed by atoms with Gasteiger partial charge in [-0.2, -0.15) is 5.26 Å². The van der Waals surface area contributed by atoms with E-state index in [2.05, 4.69) is 30.1 Å². The Hall–Kier alpha value is -2.78. The molecule has 0 saturated heterocycles. The van der Waals surface area contributed by atoms with Crippen molar-refractivity contribution in [3.05, 3.63) is 40.5 Å². The average molecular weight is 398 g/mol. The zero-order valence-corrected chi connectivity index (χ0v) is 17.2. The maximum Gasteiger partial charge on any atom is 0.244 e. The molecule has 0 spiro atoms. The molecule has 0 saturated carbocycles. The van der Waals surface area contributed by atoms with E-state index >= 15 is 0 Å². The van der Waals surface area contributed by atoms with Crippen molar-refractivity contribution in [3.8, 4) is 6.07 Å². The molecule has 0 radical (unpaired) electrons. The summed E-state index contributed by atoms with van der Waals surface area (Å²) in [7, 11) is 0. The van der Waals surface area contributed by atoms with Gasteiger partial charge in [-0.1, -0.05) is 24.9 Å². The topological polar surface area (TPSA) is 72.3 Å². The number of hydrogen-bond acceptors (Lipinski definition) is 5. The van der Waals surface area contributed by atoms with Gasteiger partial charge in [0.25, 0.3) is 0 Å². The summed E-state index contributed by atoms with van der Waals surface area (Å²) in [4.78, 5) is 21.3. The second-order valence-corrected chi connectivity index (χ2v) is 7.23. The number of hydrogen-bond donors (Lipinski definition) is 1. The number of unbranched alkanes of at least 4 members (excludes halogenated alkanes) is 1. The van der Waals surface area contributed by atoms with Crippen LogP contribution in [0.1, 0.15) is 37.9 Å². The molecule has 6 nitrogen and oxygen atoms in total. The Balaban J connectivity index is 2.13. The molecule has 1 amide bonds. The summed E-state index contributed by atoms with van der Waals surface area (Å²) in [6, 6.07) is 9.17.